The van der Waals surface area contributed by atoms with Crippen LogP contribution in [0.25, 0.3) is 0 Å². The molecule has 0 N–H and O–H groups in total. The number of aliphatic imine (C=N–C) groups is 1. The quantitative estimate of drug-likeness (QED) is 0.570. The van der Waals surface area contributed by atoms with Crippen molar-refractivity contribution in [3.05, 3.63) is 17.3 Å². The highest BCUT2D eigenvalue weighted by atomic mass is 16.5. The van der Waals surface area contributed by atoms with E-state index in [1.165, 1.54) is 0 Å². The van der Waals surface area contributed by atoms with E-state index in [-0.39, 0.29) is 0 Å². The minimum atomic E-state index is 0.401. The molecule has 0 aliphatic rings. The Morgan fingerprint density at radius 1 is 1.52 bits per heavy atom. The Bertz CT molecular complexity index is 532. The lowest BCUT2D eigenvalue weighted by Crippen LogP contribution is -2.14. The summed E-state index contributed by atoms with van der Waals surface area (Å²) in [7, 11) is 1.95. The predicted octanol–water partition coefficient (Wildman–Crippen LogP) is 3.30. The second-order valence-corrected chi connectivity index (χ2v) is 5.41. The van der Waals surface area contributed by atoms with Crippen LogP contribution in [0.15, 0.2) is 11.1 Å². The van der Waals surface area contributed by atoms with E-state index < -0.39 is 0 Å². The van der Waals surface area contributed by atoms with Gasteiger partial charge < -0.3 is 9.64 Å². The Morgan fingerprint density at radius 2 is 2.24 bits per heavy atom. The van der Waals surface area contributed by atoms with Crippen LogP contribution in [0.1, 0.15) is 38.4 Å². The van der Waals surface area contributed by atoms with Gasteiger partial charge in [-0.2, -0.15) is 5.26 Å². The van der Waals surface area contributed by atoms with Gasteiger partial charge in [0, 0.05) is 13.6 Å². The van der Waals surface area contributed by atoms with Crippen molar-refractivity contribution in [1.82, 2.24) is 9.88 Å². The summed E-state index contributed by atoms with van der Waals surface area (Å²) in [4.78, 5) is 10.7. The molecule has 0 fully saturated rings. The van der Waals surface area contributed by atoms with Crippen LogP contribution in [-0.2, 0) is 0 Å². The Kier molecular flexibility index (Phi) is 6.67. The molecule has 0 saturated carbocycles. The average molecular weight is 288 g/mol. The van der Waals surface area contributed by atoms with Crippen LogP contribution in [0, 0.1) is 24.2 Å². The molecular formula is C16H24N4O. The molecule has 0 atom stereocenters. The van der Waals surface area contributed by atoms with E-state index in [0.29, 0.717) is 29.7 Å². The van der Waals surface area contributed by atoms with Crippen LogP contribution in [-0.4, -0.2) is 36.4 Å². The standard InChI is InChI=1S/C16H24N4O/c1-6-20(5)11-18-15-9-14(10-17)16(19-13(15)4)21-8-7-12(2)3/h9,11-12H,6-8H2,1-5H3. The van der Waals surface area contributed by atoms with Crippen molar-refractivity contribution < 1.29 is 4.74 Å². The minimum Gasteiger partial charge on any atom is -0.477 e. The molecule has 1 aromatic rings. The molecule has 1 aromatic heterocycles. The highest BCUT2D eigenvalue weighted by Crippen LogP contribution is 2.25. The Morgan fingerprint density at radius 3 is 2.81 bits per heavy atom. The summed E-state index contributed by atoms with van der Waals surface area (Å²) in [6.45, 7) is 9.63. The molecule has 0 aromatic carbocycles. The third-order valence-electron chi connectivity index (χ3n) is 3.10. The summed E-state index contributed by atoms with van der Waals surface area (Å²) in [5.41, 5.74) is 1.88. The average Bonchev–Trinajstić information content (AvgIpc) is 2.45. The zero-order valence-electron chi connectivity index (χ0n) is 13.6. The van der Waals surface area contributed by atoms with Gasteiger partial charge in [0.25, 0.3) is 0 Å². The van der Waals surface area contributed by atoms with E-state index >= 15 is 0 Å². The van der Waals surface area contributed by atoms with Crippen molar-refractivity contribution >= 4 is 12.0 Å². The fraction of sp³-hybridized carbons (Fsp3) is 0.562. The first-order valence-corrected chi connectivity index (χ1v) is 7.26. The van der Waals surface area contributed by atoms with Gasteiger partial charge >= 0.3 is 0 Å². The van der Waals surface area contributed by atoms with Gasteiger partial charge in [0.1, 0.15) is 11.6 Å². The van der Waals surface area contributed by atoms with Crippen molar-refractivity contribution in [1.29, 1.82) is 5.26 Å². The van der Waals surface area contributed by atoms with Gasteiger partial charge in [-0.25, -0.2) is 9.98 Å². The molecule has 5 nitrogen and oxygen atoms in total. The predicted molar refractivity (Wildman–Crippen MR) is 85.1 cm³/mol. The zero-order valence-corrected chi connectivity index (χ0v) is 13.6. The molecule has 21 heavy (non-hydrogen) atoms. The maximum atomic E-state index is 9.23. The van der Waals surface area contributed by atoms with E-state index in [0.717, 1.165) is 18.7 Å². The molecule has 0 spiro atoms. The van der Waals surface area contributed by atoms with Crippen LogP contribution in [0.2, 0.25) is 0 Å². The Hall–Kier alpha value is -2.09. The van der Waals surface area contributed by atoms with Gasteiger partial charge in [-0.15, -0.1) is 0 Å². The molecule has 1 heterocycles. The number of ether oxygens (including phenoxy) is 1. The molecule has 0 unspecified atom stereocenters. The first-order valence-electron chi connectivity index (χ1n) is 7.26. The molecule has 5 heteroatoms. The van der Waals surface area contributed by atoms with Crippen LogP contribution >= 0.6 is 0 Å². The monoisotopic (exact) mass is 288 g/mol. The maximum Gasteiger partial charge on any atom is 0.232 e. The second-order valence-electron chi connectivity index (χ2n) is 5.41. The van der Waals surface area contributed by atoms with Crippen molar-refractivity contribution in [2.45, 2.75) is 34.1 Å². The normalized spacial score (nSPS) is 10.9. The minimum absolute atomic E-state index is 0.401. The summed E-state index contributed by atoms with van der Waals surface area (Å²) >= 11 is 0. The smallest absolute Gasteiger partial charge is 0.232 e. The number of hydrogen-bond donors (Lipinski definition) is 0. The second kappa shape index (κ2) is 8.25. The van der Waals surface area contributed by atoms with Crippen molar-refractivity contribution in [3.63, 3.8) is 0 Å². The fourth-order valence-corrected chi connectivity index (χ4v) is 1.53. The third-order valence-corrected chi connectivity index (χ3v) is 3.10. The third kappa shape index (κ3) is 5.42. The molecule has 0 saturated heterocycles. The SMILES string of the molecule is CCN(C)C=Nc1cc(C#N)c(OCCC(C)C)nc1C. The Labute approximate surface area is 127 Å². The first-order chi connectivity index (χ1) is 9.97. The van der Waals surface area contributed by atoms with Gasteiger partial charge in [0.05, 0.1) is 24.3 Å². The molecule has 1 rings (SSSR count). The van der Waals surface area contributed by atoms with E-state index in [1.54, 1.807) is 12.4 Å². The van der Waals surface area contributed by atoms with E-state index in [4.69, 9.17) is 4.74 Å². The highest BCUT2D eigenvalue weighted by Gasteiger charge is 2.10. The number of nitrogens with zero attached hydrogens (tertiary/aromatic N) is 4. The van der Waals surface area contributed by atoms with Crippen LogP contribution in [0.5, 0.6) is 5.88 Å². The van der Waals surface area contributed by atoms with Gasteiger partial charge in [-0.1, -0.05) is 13.8 Å². The lowest BCUT2D eigenvalue weighted by Gasteiger charge is -2.11. The van der Waals surface area contributed by atoms with Crippen molar-refractivity contribution in [2.24, 2.45) is 10.9 Å². The zero-order chi connectivity index (χ0) is 15.8. The number of aryl methyl sites for hydroxylation is 1. The van der Waals surface area contributed by atoms with Gasteiger partial charge in [0.15, 0.2) is 0 Å². The van der Waals surface area contributed by atoms with Crippen LogP contribution in [0.4, 0.5) is 5.69 Å². The lowest BCUT2D eigenvalue weighted by atomic mass is 10.1. The van der Waals surface area contributed by atoms with Gasteiger partial charge in [-0.3, -0.25) is 0 Å². The van der Waals surface area contributed by atoms with Crippen molar-refractivity contribution in [2.75, 3.05) is 20.2 Å². The molecule has 0 bridgehead atoms. The first kappa shape index (κ1) is 17.0. The largest absolute Gasteiger partial charge is 0.477 e. The number of hydrogen-bond acceptors (Lipinski definition) is 4. The number of nitriles is 1. The molecule has 0 radical (unpaired) electrons. The summed E-state index contributed by atoms with van der Waals surface area (Å²) in [5.74, 6) is 0.962. The van der Waals surface area contributed by atoms with E-state index in [1.807, 2.05) is 25.8 Å². The highest BCUT2D eigenvalue weighted by molar-refractivity contribution is 5.63. The van der Waals surface area contributed by atoms with E-state index in [2.05, 4.69) is 29.9 Å². The lowest BCUT2D eigenvalue weighted by molar-refractivity contribution is 0.278. The number of pyridine rings is 1. The topological polar surface area (TPSA) is 61.5 Å². The molecule has 0 aliphatic heterocycles. The molecule has 0 amide bonds. The summed E-state index contributed by atoms with van der Waals surface area (Å²) in [6, 6.07) is 3.86. The Balaban J connectivity index is 2.92. The van der Waals surface area contributed by atoms with Crippen LogP contribution < -0.4 is 4.74 Å². The van der Waals surface area contributed by atoms with Crippen LogP contribution in [0.3, 0.4) is 0 Å². The summed E-state index contributed by atoms with van der Waals surface area (Å²) in [6.07, 6.45) is 2.68. The molecule has 114 valence electrons. The van der Waals surface area contributed by atoms with Gasteiger partial charge in [-0.05, 0) is 32.3 Å². The van der Waals surface area contributed by atoms with Crippen molar-refractivity contribution in [3.8, 4) is 11.9 Å². The van der Waals surface area contributed by atoms with Gasteiger partial charge in [0.2, 0.25) is 5.88 Å². The number of aromatic nitrogens is 1. The maximum absolute atomic E-state index is 9.23. The molecule has 0 aliphatic carbocycles. The van der Waals surface area contributed by atoms with E-state index in [9.17, 15) is 5.26 Å². The molecular weight excluding hydrogens is 264 g/mol. The fourth-order valence-electron chi connectivity index (χ4n) is 1.53. The summed E-state index contributed by atoms with van der Waals surface area (Å²) < 4.78 is 5.63. The summed E-state index contributed by atoms with van der Waals surface area (Å²) in [5, 5.41) is 9.23. The number of rotatable bonds is 7.